The van der Waals surface area contributed by atoms with Crippen LogP contribution in [0.15, 0.2) is 18.2 Å². The average molecular weight is 231 g/mol. The summed E-state index contributed by atoms with van der Waals surface area (Å²) < 4.78 is 5.95. The highest BCUT2D eigenvalue weighted by Crippen LogP contribution is 2.32. The summed E-state index contributed by atoms with van der Waals surface area (Å²) >= 11 is 0. The van der Waals surface area contributed by atoms with E-state index in [-0.39, 0.29) is 0 Å². The highest BCUT2D eigenvalue weighted by Gasteiger charge is 2.22. The van der Waals surface area contributed by atoms with Crippen LogP contribution in [0.4, 0.5) is 0 Å². The van der Waals surface area contributed by atoms with Crippen LogP contribution in [0.1, 0.15) is 29.5 Å². The van der Waals surface area contributed by atoms with Crippen LogP contribution in [0.3, 0.4) is 0 Å². The monoisotopic (exact) mass is 231 g/mol. The van der Waals surface area contributed by atoms with Gasteiger partial charge in [-0.1, -0.05) is 23.8 Å². The van der Waals surface area contributed by atoms with Crippen molar-refractivity contribution >= 4 is 6.08 Å². The van der Waals surface area contributed by atoms with Crippen LogP contribution in [0, 0.1) is 19.8 Å². The molecule has 0 amide bonds. The zero-order valence-corrected chi connectivity index (χ0v) is 10.7. The predicted octanol–water partition coefficient (Wildman–Crippen LogP) is 3.06. The van der Waals surface area contributed by atoms with Crippen molar-refractivity contribution in [2.24, 2.45) is 11.7 Å². The van der Waals surface area contributed by atoms with Crippen molar-refractivity contribution in [2.75, 3.05) is 13.2 Å². The minimum absolute atomic E-state index is 0.565. The zero-order chi connectivity index (χ0) is 12.3. The van der Waals surface area contributed by atoms with Gasteiger partial charge in [0.2, 0.25) is 0 Å². The lowest BCUT2D eigenvalue weighted by Crippen LogP contribution is -2.02. The normalized spacial score (nSPS) is 15.5. The molecule has 1 aliphatic rings. The first-order valence-corrected chi connectivity index (χ1v) is 6.31. The molecule has 0 saturated heterocycles. The Morgan fingerprint density at radius 3 is 2.76 bits per heavy atom. The summed E-state index contributed by atoms with van der Waals surface area (Å²) in [6.45, 7) is 5.63. The fourth-order valence-electron chi connectivity index (χ4n) is 1.99. The number of rotatable bonds is 5. The van der Waals surface area contributed by atoms with Gasteiger partial charge in [0.1, 0.15) is 5.75 Å². The van der Waals surface area contributed by atoms with Crippen molar-refractivity contribution in [3.05, 3.63) is 34.9 Å². The Bertz CT molecular complexity index is 419. The van der Waals surface area contributed by atoms with E-state index in [4.69, 9.17) is 10.5 Å². The van der Waals surface area contributed by atoms with Gasteiger partial charge in [0.25, 0.3) is 0 Å². The third-order valence-corrected chi connectivity index (χ3v) is 3.04. The molecule has 1 aliphatic carbocycles. The number of hydrogen-bond donors (Lipinski definition) is 1. The number of ether oxygens (including phenoxy) is 1. The van der Waals surface area contributed by atoms with Crippen molar-refractivity contribution in [3.8, 4) is 5.75 Å². The SMILES string of the molecule is Cc1cc(C)c(OCC2CC2)c(/C=C/CN)c1. The fraction of sp³-hybridized carbons (Fsp3) is 0.467. The Morgan fingerprint density at radius 1 is 1.35 bits per heavy atom. The predicted molar refractivity (Wildman–Crippen MR) is 72.2 cm³/mol. The molecule has 0 heterocycles. The Balaban J connectivity index is 2.21. The van der Waals surface area contributed by atoms with E-state index in [0.29, 0.717) is 6.54 Å². The van der Waals surface area contributed by atoms with E-state index in [0.717, 1.165) is 23.8 Å². The molecule has 1 saturated carbocycles. The van der Waals surface area contributed by atoms with Gasteiger partial charge in [0, 0.05) is 12.1 Å². The quantitative estimate of drug-likeness (QED) is 0.845. The van der Waals surface area contributed by atoms with E-state index in [1.54, 1.807) is 0 Å². The van der Waals surface area contributed by atoms with Crippen molar-refractivity contribution in [1.82, 2.24) is 0 Å². The lowest BCUT2D eigenvalue weighted by molar-refractivity contribution is 0.297. The second kappa shape index (κ2) is 5.37. The van der Waals surface area contributed by atoms with Gasteiger partial charge in [0.05, 0.1) is 6.61 Å². The molecule has 0 bridgehead atoms. The third kappa shape index (κ3) is 3.34. The summed E-state index contributed by atoms with van der Waals surface area (Å²) in [5, 5.41) is 0. The molecule has 1 fully saturated rings. The van der Waals surface area contributed by atoms with Crippen molar-refractivity contribution in [3.63, 3.8) is 0 Å². The van der Waals surface area contributed by atoms with Crippen molar-refractivity contribution in [1.29, 1.82) is 0 Å². The summed E-state index contributed by atoms with van der Waals surface area (Å²) in [6, 6.07) is 4.32. The molecule has 17 heavy (non-hydrogen) atoms. The van der Waals surface area contributed by atoms with E-state index >= 15 is 0 Å². The van der Waals surface area contributed by atoms with Gasteiger partial charge >= 0.3 is 0 Å². The molecule has 2 heteroatoms. The zero-order valence-electron chi connectivity index (χ0n) is 10.7. The van der Waals surface area contributed by atoms with Gasteiger partial charge in [-0.2, -0.15) is 0 Å². The Morgan fingerprint density at radius 2 is 2.12 bits per heavy atom. The van der Waals surface area contributed by atoms with Crippen LogP contribution in [-0.4, -0.2) is 13.2 Å². The van der Waals surface area contributed by atoms with E-state index in [1.165, 1.54) is 24.0 Å². The van der Waals surface area contributed by atoms with Gasteiger partial charge in [0.15, 0.2) is 0 Å². The molecular formula is C15H21NO. The summed E-state index contributed by atoms with van der Waals surface area (Å²) in [5.41, 5.74) is 9.13. The van der Waals surface area contributed by atoms with E-state index < -0.39 is 0 Å². The fourth-order valence-corrected chi connectivity index (χ4v) is 1.99. The van der Waals surface area contributed by atoms with E-state index in [9.17, 15) is 0 Å². The van der Waals surface area contributed by atoms with Crippen molar-refractivity contribution in [2.45, 2.75) is 26.7 Å². The molecule has 2 nitrogen and oxygen atoms in total. The molecule has 2 N–H and O–H groups in total. The van der Waals surface area contributed by atoms with Crippen LogP contribution >= 0.6 is 0 Å². The molecule has 0 radical (unpaired) electrons. The summed E-state index contributed by atoms with van der Waals surface area (Å²) in [6.07, 6.45) is 6.66. The van der Waals surface area contributed by atoms with Gasteiger partial charge < -0.3 is 10.5 Å². The van der Waals surface area contributed by atoms with E-state index in [1.807, 2.05) is 6.08 Å². The standard InChI is InChI=1S/C15H21NO/c1-11-8-12(2)15(17-10-13-5-6-13)14(9-11)4-3-7-16/h3-4,8-9,13H,5-7,10,16H2,1-2H3/b4-3+. The topological polar surface area (TPSA) is 35.2 Å². The van der Waals surface area contributed by atoms with Crippen LogP contribution < -0.4 is 10.5 Å². The van der Waals surface area contributed by atoms with Gasteiger partial charge in [-0.3, -0.25) is 0 Å². The Kier molecular flexibility index (Phi) is 3.85. The summed E-state index contributed by atoms with van der Waals surface area (Å²) in [4.78, 5) is 0. The number of aryl methyl sites for hydroxylation is 2. The smallest absolute Gasteiger partial charge is 0.129 e. The Hall–Kier alpha value is -1.28. The molecule has 92 valence electrons. The molecule has 0 atom stereocenters. The molecule has 1 aromatic carbocycles. The third-order valence-electron chi connectivity index (χ3n) is 3.04. The number of benzene rings is 1. The van der Waals surface area contributed by atoms with Crippen LogP contribution in [0.25, 0.3) is 6.08 Å². The first kappa shape index (κ1) is 12.2. The highest BCUT2D eigenvalue weighted by molar-refractivity contribution is 5.61. The minimum Gasteiger partial charge on any atom is -0.492 e. The van der Waals surface area contributed by atoms with E-state index in [2.05, 4.69) is 32.1 Å². The average Bonchev–Trinajstić information content (AvgIpc) is 3.08. The molecule has 0 aliphatic heterocycles. The lowest BCUT2D eigenvalue weighted by Gasteiger charge is -2.13. The van der Waals surface area contributed by atoms with Crippen LogP contribution in [0.5, 0.6) is 5.75 Å². The molecular weight excluding hydrogens is 210 g/mol. The largest absolute Gasteiger partial charge is 0.492 e. The van der Waals surface area contributed by atoms with Crippen LogP contribution in [-0.2, 0) is 0 Å². The second-order valence-electron chi connectivity index (χ2n) is 4.89. The maximum absolute atomic E-state index is 5.95. The van der Waals surface area contributed by atoms with Gasteiger partial charge in [-0.15, -0.1) is 0 Å². The molecule has 2 rings (SSSR count). The molecule has 0 unspecified atom stereocenters. The maximum atomic E-state index is 5.95. The molecule has 1 aromatic rings. The second-order valence-corrected chi connectivity index (χ2v) is 4.89. The van der Waals surface area contributed by atoms with Gasteiger partial charge in [-0.05, 0) is 44.2 Å². The van der Waals surface area contributed by atoms with Gasteiger partial charge in [-0.25, -0.2) is 0 Å². The first-order chi connectivity index (χ1) is 8.20. The first-order valence-electron chi connectivity index (χ1n) is 6.31. The van der Waals surface area contributed by atoms with Crippen molar-refractivity contribution < 1.29 is 4.74 Å². The number of nitrogens with two attached hydrogens (primary N) is 1. The maximum Gasteiger partial charge on any atom is 0.129 e. The lowest BCUT2D eigenvalue weighted by atomic mass is 10.0. The minimum atomic E-state index is 0.565. The highest BCUT2D eigenvalue weighted by atomic mass is 16.5. The Labute approximate surface area is 103 Å². The summed E-state index contributed by atoms with van der Waals surface area (Å²) in [5.74, 6) is 1.80. The van der Waals surface area contributed by atoms with Crippen LogP contribution in [0.2, 0.25) is 0 Å². The number of hydrogen-bond acceptors (Lipinski definition) is 2. The molecule has 0 aromatic heterocycles. The summed E-state index contributed by atoms with van der Waals surface area (Å²) in [7, 11) is 0. The molecule has 0 spiro atoms.